The van der Waals surface area contributed by atoms with Crippen molar-refractivity contribution in [2.24, 2.45) is 5.73 Å². The lowest BCUT2D eigenvalue weighted by Gasteiger charge is -2.08. The number of ether oxygens (including phenoxy) is 2. The molecule has 98 valence electrons. The van der Waals surface area contributed by atoms with Gasteiger partial charge in [-0.2, -0.15) is 0 Å². The fraction of sp³-hybridized carbons (Fsp3) is 0.200. The number of benzene rings is 1. The highest BCUT2D eigenvalue weighted by atomic mass is 32.1. The predicted molar refractivity (Wildman–Crippen MR) is 77.6 cm³/mol. The first kappa shape index (κ1) is 13.5. The molecule has 1 aromatic heterocycles. The van der Waals surface area contributed by atoms with Gasteiger partial charge in [-0.15, -0.1) is 11.3 Å². The average molecular weight is 273 g/mol. The highest BCUT2D eigenvalue weighted by Crippen LogP contribution is 2.27. The zero-order valence-electron chi connectivity index (χ0n) is 10.7. The summed E-state index contributed by atoms with van der Waals surface area (Å²) in [5.74, 6) is 7.32. The van der Waals surface area contributed by atoms with Crippen molar-refractivity contribution in [3.8, 4) is 23.3 Å². The van der Waals surface area contributed by atoms with Gasteiger partial charge in [-0.05, 0) is 18.2 Å². The number of hydrogen-bond acceptors (Lipinski definition) is 4. The van der Waals surface area contributed by atoms with E-state index < -0.39 is 0 Å². The molecule has 2 aromatic rings. The summed E-state index contributed by atoms with van der Waals surface area (Å²) in [6.07, 6.45) is 0. The summed E-state index contributed by atoms with van der Waals surface area (Å²) in [6.45, 7) is 0.887. The highest BCUT2D eigenvalue weighted by Gasteiger charge is 2.04. The number of nitrogens with two attached hydrogens (primary N) is 1. The minimum absolute atomic E-state index is 0.378. The highest BCUT2D eigenvalue weighted by molar-refractivity contribution is 7.10. The van der Waals surface area contributed by atoms with E-state index in [2.05, 4.69) is 11.8 Å². The average Bonchev–Trinajstić information content (AvgIpc) is 2.91. The van der Waals surface area contributed by atoms with Crippen LogP contribution < -0.4 is 15.2 Å². The van der Waals surface area contributed by atoms with Crippen molar-refractivity contribution in [3.63, 3.8) is 0 Å². The first-order valence-electron chi connectivity index (χ1n) is 5.85. The van der Waals surface area contributed by atoms with Gasteiger partial charge in [0, 0.05) is 15.8 Å². The van der Waals surface area contributed by atoms with Crippen LogP contribution in [0, 0.1) is 11.8 Å². The molecule has 0 unspecified atom stereocenters. The maximum absolute atomic E-state index is 5.74. The molecule has 0 radical (unpaired) electrons. The molecule has 1 heterocycles. The Hall–Kier alpha value is -1.96. The maximum Gasteiger partial charge on any atom is 0.161 e. The van der Waals surface area contributed by atoms with E-state index in [1.807, 2.05) is 35.7 Å². The van der Waals surface area contributed by atoms with Crippen LogP contribution in [-0.4, -0.2) is 13.7 Å². The van der Waals surface area contributed by atoms with Gasteiger partial charge >= 0.3 is 0 Å². The minimum atomic E-state index is 0.378. The molecule has 19 heavy (non-hydrogen) atoms. The third kappa shape index (κ3) is 3.75. The quantitative estimate of drug-likeness (QED) is 0.871. The number of hydrogen-bond donors (Lipinski definition) is 1. The molecule has 2 N–H and O–H groups in total. The molecule has 2 rings (SSSR count). The monoisotopic (exact) mass is 273 g/mol. The Morgan fingerprint density at radius 3 is 2.79 bits per heavy atom. The molecule has 0 aliphatic carbocycles. The normalized spacial score (nSPS) is 9.58. The molecule has 0 saturated carbocycles. The molecule has 0 amide bonds. The molecular formula is C15H15NO2S. The molecule has 0 fully saturated rings. The lowest BCUT2D eigenvalue weighted by Crippen LogP contribution is -1.95. The molecule has 0 aliphatic heterocycles. The summed E-state index contributed by atoms with van der Waals surface area (Å²) in [5, 5.41) is 2.00. The zero-order valence-corrected chi connectivity index (χ0v) is 11.5. The molecule has 1 aromatic carbocycles. The van der Waals surface area contributed by atoms with Gasteiger partial charge < -0.3 is 15.2 Å². The third-order valence-corrected chi connectivity index (χ3v) is 3.34. The van der Waals surface area contributed by atoms with E-state index in [9.17, 15) is 0 Å². The number of para-hydroxylation sites is 2. The number of methoxy groups -OCH3 is 1. The molecule has 0 atom stereocenters. The van der Waals surface area contributed by atoms with E-state index in [0.29, 0.717) is 13.2 Å². The predicted octanol–water partition coefficient (Wildman–Crippen LogP) is 2.65. The van der Waals surface area contributed by atoms with E-state index in [-0.39, 0.29) is 0 Å². The maximum atomic E-state index is 5.74. The summed E-state index contributed by atoms with van der Waals surface area (Å²) < 4.78 is 11.0. The Morgan fingerprint density at radius 2 is 2.05 bits per heavy atom. The Labute approximate surface area is 117 Å². The van der Waals surface area contributed by atoms with Gasteiger partial charge in [0.05, 0.1) is 13.7 Å². The second-order valence-corrected chi connectivity index (χ2v) is 4.74. The van der Waals surface area contributed by atoms with Crippen LogP contribution in [0.5, 0.6) is 11.5 Å². The van der Waals surface area contributed by atoms with Gasteiger partial charge in [0.2, 0.25) is 0 Å². The summed E-state index contributed by atoms with van der Waals surface area (Å²) in [6, 6.07) is 9.62. The van der Waals surface area contributed by atoms with E-state index in [1.54, 1.807) is 18.4 Å². The van der Waals surface area contributed by atoms with Crippen LogP contribution in [-0.2, 0) is 6.61 Å². The lowest BCUT2D eigenvalue weighted by molar-refractivity contribution is 0.287. The Kier molecular flexibility index (Phi) is 4.85. The van der Waals surface area contributed by atoms with Crippen LogP contribution in [0.1, 0.15) is 10.4 Å². The fourth-order valence-corrected chi connectivity index (χ4v) is 2.29. The zero-order chi connectivity index (χ0) is 13.5. The standard InChI is InChI=1S/C15H15NO2S/c1-17-14-6-2-3-7-15(14)18-10-13-9-12(11-19-13)5-4-8-16/h2-3,6-7,9,11H,8,10,16H2,1H3. The summed E-state index contributed by atoms with van der Waals surface area (Å²) in [7, 11) is 1.63. The van der Waals surface area contributed by atoms with Crippen LogP contribution >= 0.6 is 11.3 Å². The smallest absolute Gasteiger partial charge is 0.161 e. The number of rotatable bonds is 4. The minimum Gasteiger partial charge on any atom is -0.493 e. The first-order valence-corrected chi connectivity index (χ1v) is 6.73. The number of thiophene rings is 1. The second kappa shape index (κ2) is 6.83. The Morgan fingerprint density at radius 1 is 1.26 bits per heavy atom. The molecule has 0 aliphatic rings. The summed E-state index contributed by atoms with van der Waals surface area (Å²) >= 11 is 1.62. The summed E-state index contributed by atoms with van der Waals surface area (Å²) in [5.41, 5.74) is 6.32. The lowest BCUT2D eigenvalue weighted by atomic mass is 10.3. The van der Waals surface area contributed by atoms with Crippen molar-refractivity contribution in [1.82, 2.24) is 0 Å². The molecule has 0 spiro atoms. The van der Waals surface area contributed by atoms with Crippen molar-refractivity contribution < 1.29 is 9.47 Å². The Balaban J connectivity index is 2.00. The van der Waals surface area contributed by atoms with Crippen LogP contribution in [0.25, 0.3) is 0 Å². The summed E-state index contributed by atoms with van der Waals surface area (Å²) in [4.78, 5) is 1.12. The van der Waals surface area contributed by atoms with Crippen molar-refractivity contribution in [2.45, 2.75) is 6.61 Å². The first-order chi connectivity index (χ1) is 9.33. The van der Waals surface area contributed by atoms with Crippen molar-refractivity contribution in [1.29, 1.82) is 0 Å². The van der Waals surface area contributed by atoms with Crippen LogP contribution in [0.3, 0.4) is 0 Å². The van der Waals surface area contributed by atoms with Gasteiger partial charge in [0.15, 0.2) is 11.5 Å². The van der Waals surface area contributed by atoms with Crippen molar-refractivity contribution >= 4 is 11.3 Å². The second-order valence-electron chi connectivity index (χ2n) is 3.75. The van der Waals surface area contributed by atoms with Gasteiger partial charge in [0.1, 0.15) is 6.61 Å². The molecular weight excluding hydrogens is 258 g/mol. The molecule has 0 saturated heterocycles. The van der Waals surface area contributed by atoms with E-state index in [1.165, 1.54) is 0 Å². The van der Waals surface area contributed by atoms with Crippen LogP contribution in [0.4, 0.5) is 0 Å². The van der Waals surface area contributed by atoms with Crippen molar-refractivity contribution in [3.05, 3.63) is 46.2 Å². The third-order valence-electron chi connectivity index (χ3n) is 2.43. The van der Waals surface area contributed by atoms with Gasteiger partial charge in [-0.3, -0.25) is 0 Å². The van der Waals surface area contributed by atoms with E-state index in [4.69, 9.17) is 15.2 Å². The van der Waals surface area contributed by atoms with Gasteiger partial charge in [-0.25, -0.2) is 0 Å². The molecule has 3 nitrogen and oxygen atoms in total. The largest absolute Gasteiger partial charge is 0.493 e. The van der Waals surface area contributed by atoms with E-state index >= 15 is 0 Å². The van der Waals surface area contributed by atoms with E-state index in [0.717, 1.165) is 21.9 Å². The fourth-order valence-electron chi connectivity index (χ4n) is 1.56. The molecule has 0 bridgehead atoms. The molecule has 4 heteroatoms. The topological polar surface area (TPSA) is 44.5 Å². The van der Waals surface area contributed by atoms with Crippen molar-refractivity contribution in [2.75, 3.05) is 13.7 Å². The van der Waals surface area contributed by atoms with Gasteiger partial charge in [0.25, 0.3) is 0 Å². The van der Waals surface area contributed by atoms with Crippen LogP contribution in [0.2, 0.25) is 0 Å². The SMILES string of the molecule is COc1ccccc1OCc1cc(C#CCN)cs1. The Bertz CT molecular complexity index is 595. The van der Waals surface area contributed by atoms with Crippen LogP contribution in [0.15, 0.2) is 35.7 Å². The van der Waals surface area contributed by atoms with Gasteiger partial charge in [-0.1, -0.05) is 24.0 Å².